The first-order chi connectivity index (χ1) is 11.3. The number of rotatable bonds is 6. The molecule has 24 heavy (non-hydrogen) atoms. The molecule has 1 amide bonds. The van der Waals surface area contributed by atoms with Gasteiger partial charge in [0.15, 0.2) is 0 Å². The monoisotopic (exact) mass is 365 g/mol. The van der Waals surface area contributed by atoms with Crippen LogP contribution in [0.3, 0.4) is 0 Å². The second-order valence-corrected chi connectivity index (χ2v) is 7.23. The molecule has 1 unspecified atom stereocenters. The third-order valence-corrected chi connectivity index (χ3v) is 5.20. The van der Waals surface area contributed by atoms with Gasteiger partial charge >= 0.3 is 5.97 Å². The Labute approximate surface area is 150 Å². The van der Waals surface area contributed by atoms with Gasteiger partial charge in [0.25, 0.3) is 5.91 Å². The summed E-state index contributed by atoms with van der Waals surface area (Å²) in [4.78, 5) is 25.5. The molecule has 1 atom stereocenters. The van der Waals surface area contributed by atoms with Gasteiger partial charge in [0.2, 0.25) is 0 Å². The first-order valence-electron chi connectivity index (χ1n) is 7.27. The zero-order valence-corrected chi connectivity index (χ0v) is 15.2. The average Bonchev–Trinajstić information content (AvgIpc) is 2.80. The van der Waals surface area contributed by atoms with Crippen LogP contribution >= 0.6 is 24.4 Å². The summed E-state index contributed by atoms with van der Waals surface area (Å²) in [7, 11) is 1.58. The van der Waals surface area contributed by atoms with Crippen LogP contribution in [0.2, 0.25) is 0 Å². The Bertz CT molecular complexity index is 714. The Hall–Kier alpha value is -1.86. The number of hydrogen-bond acceptors (Lipinski definition) is 5. The van der Waals surface area contributed by atoms with Crippen molar-refractivity contribution in [1.29, 1.82) is 0 Å². The second-order valence-electron chi connectivity index (χ2n) is 5.30. The standard InChI is InChI=1S/C17H19NO4S2/c1-10(2)14(11-5-4-6-12(9-11)22-3)15-16(21)18(17(23)24-15)8-7-13(19)20/h4-6,9,17,23H,1,7-8H2,2-3H3,(H,19,20)/b15-14-. The van der Waals surface area contributed by atoms with E-state index in [1.807, 2.05) is 31.2 Å². The number of carbonyl (C=O) groups is 2. The Morgan fingerprint density at radius 3 is 2.79 bits per heavy atom. The molecule has 1 aromatic carbocycles. The van der Waals surface area contributed by atoms with Crippen LogP contribution in [0.5, 0.6) is 5.75 Å². The quantitative estimate of drug-likeness (QED) is 0.598. The van der Waals surface area contributed by atoms with E-state index in [2.05, 4.69) is 19.2 Å². The topological polar surface area (TPSA) is 66.8 Å². The first-order valence-corrected chi connectivity index (χ1v) is 8.66. The molecule has 1 heterocycles. The van der Waals surface area contributed by atoms with Gasteiger partial charge in [-0.2, -0.15) is 0 Å². The minimum atomic E-state index is -0.946. The van der Waals surface area contributed by atoms with Gasteiger partial charge in [-0.25, -0.2) is 0 Å². The second kappa shape index (κ2) is 7.81. The summed E-state index contributed by atoms with van der Waals surface area (Å²) in [6.45, 7) is 5.95. The van der Waals surface area contributed by atoms with Crippen molar-refractivity contribution in [3.63, 3.8) is 0 Å². The lowest BCUT2D eigenvalue weighted by atomic mass is 9.99. The summed E-state index contributed by atoms with van der Waals surface area (Å²) in [5.74, 6) is -0.479. The molecular weight excluding hydrogens is 346 g/mol. The highest BCUT2D eigenvalue weighted by atomic mass is 32.2. The van der Waals surface area contributed by atoms with Crippen molar-refractivity contribution in [3.05, 3.63) is 46.9 Å². The number of benzene rings is 1. The normalized spacial score (nSPS) is 19.4. The van der Waals surface area contributed by atoms with Gasteiger partial charge in [-0.1, -0.05) is 30.5 Å². The highest BCUT2D eigenvalue weighted by molar-refractivity contribution is 8.14. The SMILES string of the molecule is C=C(C)/C(=C1/SC(S)N(CCC(=O)O)C1=O)c1cccc(OC)c1. The third-order valence-electron chi connectivity index (χ3n) is 3.52. The van der Waals surface area contributed by atoms with E-state index in [4.69, 9.17) is 9.84 Å². The van der Waals surface area contributed by atoms with Gasteiger partial charge in [0.1, 0.15) is 10.5 Å². The molecule has 1 saturated heterocycles. The molecule has 0 spiro atoms. The number of thioether (sulfide) groups is 1. The number of thiol groups is 1. The van der Waals surface area contributed by atoms with E-state index >= 15 is 0 Å². The van der Waals surface area contributed by atoms with Crippen LogP contribution in [-0.2, 0) is 9.59 Å². The molecule has 5 nitrogen and oxygen atoms in total. The number of hydrogen-bond donors (Lipinski definition) is 2. The molecule has 1 aromatic rings. The summed E-state index contributed by atoms with van der Waals surface area (Å²) in [5, 5.41) is 8.84. The van der Waals surface area contributed by atoms with Gasteiger partial charge in [-0.15, -0.1) is 12.6 Å². The van der Waals surface area contributed by atoms with Gasteiger partial charge in [0, 0.05) is 12.1 Å². The van der Waals surface area contributed by atoms with Crippen LogP contribution in [-0.4, -0.2) is 40.2 Å². The van der Waals surface area contributed by atoms with Crippen molar-refractivity contribution in [3.8, 4) is 5.75 Å². The predicted molar refractivity (Wildman–Crippen MR) is 99.1 cm³/mol. The number of carboxylic acids is 1. The number of amides is 1. The van der Waals surface area contributed by atoms with Crippen LogP contribution in [0.1, 0.15) is 18.9 Å². The number of carboxylic acid groups (broad SMARTS) is 1. The van der Waals surface area contributed by atoms with Crippen LogP contribution in [0, 0.1) is 0 Å². The summed E-state index contributed by atoms with van der Waals surface area (Å²) >= 11 is 5.71. The van der Waals surface area contributed by atoms with Crippen molar-refractivity contribution in [2.45, 2.75) is 18.1 Å². The summed E-state index contributed by atoms with van der Waals surface area (Å²) in [6.07, 6.45) is -0.113. The van der Waals surface area contributed by atoms with Gasteiger partial charge in [-0.3, -0.25) is 9.59 Å². The molecule has 0 radical (unpaired) electrons. The van der Waals surface area contributed by atoms with E-state index in [0.717, 1.165) is 16.7 Å². The van der Waals surface area contributed by atoms with E-state index < -0.39 is 10.7 Å². The molecule has 0 saturated carbocycles. The van der Waals surface area contributed by atoms with E-state index in [1.165, 1.54) is 16.7 Å². The zero-order valence-electron chi connectivity index (χ0n) is 13.5. The molecule has 1 N–H and O–H groups in total. The molecule has 0 aromatic heterocycles. The van der Waals surface area contributed by atoms with E-state index in [0.29, 0.717) is 10.7 Å². The maximum Gasteiger partial charge on any atom is 0.305 e. The molecule has 7 heteroatoms. The fourth-order valence-electron chi connectivity index (χ4n) is 2.39. The lowest BCUT2D eigenvalue weighted by molar-refractivity contribution is -0.137. The fourth-order valence-corrected chi connectivity index (χ4v) is 4.10. The number of methoxy groups -OCH3 is 1. The number of aliphatic carboxylic acids is 1. The molecule has 128 valence electrons. The first kappa shape index (κ1) is 18.5. The average molecular weight is 365 g/mol. The number of allylic oxidation sites excluding steroid dienone is 2. The van der Waals surface area contributed by atoms with Crippen LogP contribution in [0.15, 0.2) is 41.3 Å². The maximum absolute atomic E-state index is 12.7. The van der Waals surface area contributed by atoms with Crippen molar-refractivity contribution in [2.75, 3.05) is 13.7 Å². The highest BCUT2D eigenvalue weighted by Gasteiger charge is 2.36. The zero-order chi connectivity index (χ0) is 17.9. The van der Waals surface area contributed by atoms with E-state index in [9.17, 15) is 9.59 Å². The molecule has 2 rings (SSSR count). The number of nitrogens with zero attached hydrogens (tertiary/aromatic N) is 1. The van der Waals surface area contributed by atoms with E-state index in [1.54, 1.807) is 7.11 Å². The molecule has 1 aliphatic rings. The highest BCUT2D eigenvalue weighted by Crippen LogP contribution is 2.43. The van der Waals surface area contributed by atoms with Crippen LogP contribution in [0.25, 0.3) is 5.57 Å². The predicted octanol–water partition coefficient (Wildman–Crippen LogP) is 3.25. The van der Waals surface area contributed by atoms with Gasteiger partial charge in [-0.05, 0) is 30.2 Å². The van der Waals surface area contributed by atoms with E-state index in [-0.39, 0.29) is 18.9 Å². The molecule has 0 aliphatic carbocycles. The Morgan fingerprint density at radius 1 is 1.50 bits per heavy atom. The number of ether oxygens (including phenoxy) is 1. The van der Waals surface area contributed by atoms with Crippen LogP contribution in [0.4, 0.5) is 0 Å². The van der Waals surface area contributed by atoms with Crippen molar-refractivity contribution >= 4 is 41.8 Å². The lowest BCUT2D eigenvalue weighted by Gasteiger charge is -2.18. The minimum Gasteiger partial charge on any atom is -0.497 e. The van der Waals surface area contributed by atoms with Gasteiger partial charge in [0.05, 0.1) is 18.4 Å². The maximum atomic E-state index is 12.7. The Kier molecular flexibility index (Phi) is 6.01. The molecular formula is C17H19NO4S2. The van der Waals surface area contributed by atoms with Crippen molar-refractivity contribution < 1.29 is 19.4 Å². The molecule has 1 fully saturated rings. The van der Waals surface area contributed by atoms with Gasteiger partial charge < -0.3 is 14.7 Å². The smallest absolute Gasteiger partial charge is 0.305 e. The largest absolute Gasteiger partial charge is 0.497 e. The lowest BCUT2D eigenvalue weighted by Crippen LogP contribution is -2.31. The van der Waals surface area contributed by atoms with Crippen LogP contribution < -0.4 is 4.74 Å². The summed E-state index contributed by atoms with van der Waals surface area (Å²) < 4.78 is 4.84. The molecule has 0 bridgehead atoms. The summed E-state index contributed by atoms with van der Waals surface area (Å²) in [5.41, 5.74) is 2.32. The minimum absolute atomic E-state index is 0.113. The van der Waals surface area contributed by atoms with Crippen molar-refractivity contribution in [2.24, 2.45) is 0 Å². The molecule has 1 aliphatic heterocycles. The fraction of sp³-hybridized carbons (Fsp3) is 0.294. The summed E-state index contributed by atoms with van der Waals surface area (Å²) in [6, 6.07) is 7.41. The Morgan fingerprint density at radius 2 is 2.21 bits per heavy atom. The third kappa shape index (κ3) is 3.96. The van der Waals surface area contributed by atoms with Crippen molar-refractivity contribution in [1.82, 2.24) is 4.90 Å². The Balaban J connectivity index is 2.43. The number of carbonyl (C=O) groups excluding carboxylic acids is 1.